The Kier molecular flexibility index (Phi) is 6.59. The molecule has 0 aromatic heterocycles. The van der Waals surface area contributed by atoms with Gasteiger partial charge in [-0.05, 0) is 23.6 Å². The molecule has 86 valence electrons. The van der Waals surface area contributed by atoms with Crippen molar-refractivity contribution in [3.63, 3.8) is 0 Å². The lowest BCUT2D eigenvalue weighted by molar-refractivity contribution is 0.393. The summed E-state index contributed by atoms with van der Waals surface area (Å²) >= 11 is 0. The van der Waals surface area contributed by atoms with Gasteiger partial charge < -0.3 is 9.47 Å². The first-order valence-electron chi connectivity index (χ1n) is 5.40. The first kappa shape index (κ1) is 13.8. The molecule has 15 heavy (non-hydrogen) atoms. The molecular formula is C13H22O2. The molecule has 0 saturated carbocycles. The average molecular weight is 210 g/mol. The molecule has 1 aromatic carbocycles. The molecule has 0 amide bonds. The summed E-state index contributed by atoms with van der Waals surface area (Å²) < 4.78 is 10.3. The number of ether oxygens (including phenoxy) is 2. The molecule has 2 nitrogen and oxygen atoms in total. The highest BCUT2D eigenvalue weighted by atomic mass is 16.5. The highest BCUT2D eigenvalue weighted by molar-refractivity contribution is 5.39. The Bertz CT molecular complexity index is 258. The van der Waals surface area contributed by atoms with E-state index in [9.17, 15) is 0 Å². The zero-order valence-electron chi connectivity index (χ0n) is 10.6. The summed E-state index contributed by atoms with van der Waals surface area (Å²) in [7, 11) is 3.33. The molecule has 0 N–H and O–H groups in total. The predicted octanol–water partition coefficient (Wildman–Crippen LogP) is 3.85. The quantitative estimate of drug-likeness (QED) is 0.754. The van der Waals surface area contributed by atoms with Crippen LogP contribution in [0.5, 0.6) is 11.5 Å². The minimum Gasteiger partial charge on any atom is -0.497 e. The molecular weight excluding hydrogens is 188 g/mol. The van der Waals surface area contributed by atoms with Crippen LogP contribution < -0.4 is 9.47 Å². The van der Waals surface area contributed by atoms with Crippen molar-refractivity contribution in [3.05, 3.63) is 23.8 Å². The molecule has 2 heteroatoms. The second-order valence-electron chi connectivity index (χ2n) is 3.30. The molecule has 1 aromatic rings. The number of hydrogen-bond donors (Lipinski definition) is 0. The summed E-state index contributed by atoms with van der Waals surface area (Å²) in [6.45, 7) is 8.29. The normalized spacial score (nSPS) is 9.27. The fraction of sp³-hybridized carbons (Fsp3) is 0.538. The van der Waals surface area contributed by atoms with Crippen LogP contribution in [0.2, 0.25) is 0 Å². The summed E-state index contributed by atoms with van der Waals surface area (Å²) in [5.41, 5.74) is 1.23. The fourth-order valence-electron chi connectivity index (χ4n) is 1.16. The first-order valence-corrected chi connectivity index (χ1v) is 5.40. The summed E-state index contributed by atoms with van der Waals surface area (Å²) in [5, 5.41) is 0. The Labute approximate surface area is 93.2 Å². The lowest BCUT2D eigenvalue weighted by Gasteiger charge is -2.10. The van der Waals surface area contributed by atoms with Gasteiger partial charge in [0.1, 0.15) is 11.5 Å². The van der Waals surface area contributed by atoms with E-state index >= 15 is 0 Å². The van der Waals surface area contributed by atoms with Gasteiger partial charge in [-0.1, -0.05) is 27.7 Å². The molecule has 0 saturated heterocycles. The lowest BCUT2D eigenvalue weighted by atomic mass is 10.0. The third-order valence-corrected chi connectivity index (χ3v) is 2.04. The maximum atomic E-state index is 5.17. The maximum absolute atomic E-state index is 5.17. The highest BCUT2D eigenvalue weighted by Crippen LogP contribution is 2.26. The monoisotopic (exact) mass is 210 g/mol. The molecule has 0 unspecified atom stereocenters. The summed E-state index contributed by atoms with van der Waals surface area (Å²) in [6, 6.07) is 5.95. The number of hydrogen-bond acceptors (Lipinski definition) is 2. The van der Waals surface area contributed by atoms with Gasteiger partial charge in [0, 0.05) is 6.07 Å². The van der Waals surface area contributed by atoms with Crippen molar-refractivity contribution in [2.24, 2.45) is 0 Å². The summed E-state index contributed by atoms with van der Waals surface area (Å²) in [6.07, 6.45) is 0. The van der Waals surface area contributed by atoms with Crippen molar-refractivity contribution in [1.82, 2.24) is 0 Å². The second kappa shape index (κ2) is 7.16. The molecule has 0 fully saturated rings. The third kappa shape index (κ3) is 4.24. The van der Waals surface area contributed by atoms with Crippen LogP contribution in [0.3, 0.4) is 0 Å². The van der Waals surface area contributed by atoms with Gasteiger partial charge in [0.25, 0.3) is 0 Å². The first-order chi connectivity index (χ1) is 7.17. The molecule has 0 aliphatic heterocycles. The van der Waals surface area contributed by atoms with Gasteiger partial charge in [-0.3, -0.25) is 0 Å². The Morgan fingerprint density at radius 1 is 0.867 bits per heavy atom. The van der Waals surface area contributed by atoms with E-state index in [4.69, 9.17) is 9.47 Å². The SMILES string of the molecule is CC.COc1cc(OC)cc(C(C)C)c1. The fourth-order valence-corrected chi connectivity index (χ4v) is 1.16. The topological polar surface area (TPSA) is 18.5 Å². The minimum atomic E-state index is 0.490. The van der Waals surface area contributed by atoms with Gasteiger partial charge in [-0.15, -0.1) is 0 Å². The van der Waals surface area contributed by atoms with Gasteiger partial charge in [-0.2, -0.15) is 0 Å². The number of benzene rings is 1. The van der Waals surface area contributed by atoms with E-state index in [1.165, 1.54) is 5.56 Å². The van der Waals surface area contributed by atoms with Crippen molar-refractivity contribution >= 4 is 0 Å². The van der Waals surface area contributed by atoms with Crippen molar-refractivity contribution < 1.29 is 9.47 Å². The van der Waals surface area contributed by atoms with Crippen LogP contribution in [0.1, 0.15) is 39.2 Å². The lowest BCUT2D eigenvalue weighted by Crippen LogP contribution is -1.92. The zero-order chi connectivity index (χ0) is 11.8. The third-order valence-electron chi connectivity index (χ3n) is 2.04. The van der Waals surface area contributed by atoms with E-state index in [0.717, 1.165) is 11.5 Å². The number of methoxy groups -OCH3 is 2. The van der Waals surface area contributed by atoms with Crippen LogP contribution in [0, 0.1) is 0 Å². The van der Waals surface area contributed by atoms with Crippen LogP contribution in [0.4, 0.5) is 0 Å². The van der Waals surface area contributed by atoms with Crippen LogP contribution in [0.15, 0.2) is 18.2 Å². The maximum Gasteiger partial charge on any atom is 0.122 e. The number of rotatable bonds is 3. The van der Waals surface area contributed by atoms with Gasteiger partial charge in [0.15, 0.2) is 0 Å². The van der Waals surface area contributed by atoms with Gasteiger partial charge in [-0.25, -0.2) is 0 Å². The Morgan fingerprint density at radius 2 is 1.27 bits per heavy atom. The van der Waals surface area contributed by atoms with Gasteiger partial charge in [0.05, 0.1) is 14.2 Å². The molecule has 0 aliphatic rings. The Morgan fingerprint density at radius 3 is 1.53 bits per heavy atom. The van der Waals surface area contributed by atoms with Crippen molar-refractivity contribution in [3.8, 4) is 11.5 Å². The van der Waals surface area contributed by atoms with Crippen LogP contribution >= 0.6 is 0 Å². The van der Waals surface area contributed by atoms with E-state index in [1.807, 2.05) is 32.0 Å². The zero-order valence-corrected chi connectivity index (χ0v) is 10.6. The van der Waals surface area contributed by atoms with Crippen LogP contribution in [0.25, 0.3) is 0 Å². The molecule has 0 atom stereocenters. The van der Waals surface area contributed by atoms with Gasteiger partial charge >= 0.3 is 0 Å². The van der Waals surface area contributed by atoms with E-state index in [2.05, 4.69) is 13.8 Å². The predicted molar refractivity (Wildman–Crippen MR) is 65.0 cm³/mol. The molecule has 0 heterocycles. The van der Waals surface area contributed by atoms with Crippen LogP contribution in [-0.2, 0) is 0 Å². The minimum absolute atomic E-state index is 0.490. The standard InChI is InChI=1S/C11H16O2.C2H6/c1-8(2)9-5-10(12-3)7-11(6-9)13-4;1-2/h5-8H,1-4H3;1-2H3. The molecule has 0 bridgehead atoms. The van der Waals surface area contributed by atoms with Crippen molar-refractivity contribution in [2.45, 2.75) is 33.6 Å². The van der Waals surface area contributed by atoms with Crippen LogP contribution in [-0.4, -0.2) is 14.2 Å². The highest BCUT2D eigenvalue weighted by Gasteiger charge is 2.04. The van der Waals surface area contributed by atoms with Crippen molar-refractivity contribution in [2.75, 3.05) is 14.2 Å². The van der Waals surface area contributed by atoms with Crippen molar-refractivity contribution in [1.29, 1.82) is 0 Å². The molecule has 0 spiro atoms. The Hall–Kier alpha value is -1.18. The van der Waals surface area contributed by atoms with Gasteiger partial charge in [0.2, 0.25) is 0 Å². The Balaban J connectivity index is 0.000000921. The summed E-state index contributed by atoms with van der Waals surface area (Å²) in [4.78, 5) is 0. The van der Waals surface area contributed by atoms with E-state index in [-0.39, 0.29) is 0 Å². The molecule has 1 rings (SSSR count). The second-order valence-corrected chi connectivity index (χ2v) is 3.30. The average Bonchev–Trinajstić information content (AvgIpc) is 2.30. The smallest absolute Gasteiger partial charge is 0.122 e. The summed E-state index contributed by atoms with van der Waals surface area (Å²) in [5.74, 6) is 2.19. The molecule has 0 radical (unpaired) electrons. The largest absolute Gasteiger partial charge is 0.497 e. The van der Waals surface area contributed by atoms with E-state index < -0.39 is 0 Å². The van der Waals surface area contributed by atoms with E-state index in [0.29, 0.717) is 5.92 Å². The van der Waals surface area contributed by atoms with E-state index in [1.54, 1.807) is 14.2 Å². The molecule has 0 aliphatic carbocycles.